The lowest BCUT2D eigenvalue weighted by molar-refractivity contribution is -0.136. The summed E-state index contributed by atoms with van der Waals surface area (Å²) in [4.78, 5) is 26.6. The molecule has 1 saturated heterocycles. The lowest BCUT2D eigenvalue weighted by Gasteiger charge is -2.26. The molecule has 0 N–H and O–H groups in total. The molecule has 7 heteroatoms. The number of nitrogens with zero attached hydrogens (tertiary/aromatic N) is 1. The van der Waals surface area contributed by atoms with Gasteiger partial charge in [-0.25, -0.2) is 13.2 Å². The lowest BCUT2D eigenvalue weighted by atomic mass is 10.00. The van der Waals surface area contributed by atoms with Gasteiger partial charge in [0.1, 0.15) is 0 Å². The molecule has 0 spiro atoms. The van der Waals surface area contributed by atoms with Gasteiger partial charge in [-0.15, -0.1) is 0 Å². The Kier molecular flexibility index (Phi) is 6.69. The van der Waals surface area contributed by atoms with Crippen molar-refractivity contribution in [2.24, 2.45) is 0 Å². The first-order valence-corrected chi connectivity index (χ1v) is 11.5. The summed E-state index contributed by atoms with van der Waals surface area (Å²) in [6.45, 7) is 1.77. The van der Waals surface area contributed by atoms with Crippen LogP contribution in [-0.4, -0.2) is 55.9 Å². The maximum Gasteiger partial charge on any atom is 0.338 e. The van der Waals surface area contributed by atoms with Crippen LogP contribution in [-0.2, 0) is 25.8 Å². The Hall–Kier alpha value is -2.67. The van der Waals surface area contributed by atoms with Crippen LogP contribution in [0.5, 0.6) is 0 Å². The van der Waals surface area contributed by atoms with Crippen molar-refractivity contribution in [3.8, 4) is 0 Å². The number of hydrogen-bond acceptors (Lipinski definition) is 5. The van der Waals surface area contributed by atoms with E-state index in [9.17, 15) is 18.0 Å². The minimum absolute atomic E-state index is 0.0273. The van der Waals surface area contributed by atoms with Gasteiger partial charge in [0, 0.05) is 12.6 Å². The van der Waals surface area contributed by atoms with E-state index in [1.165, 1.54) is 4.90 Å². The molecule has 1 atom stereocenters. The van der Waals surface area contributed by atoms with Crippen LogP contribution in [0.15, 0.2) is 54.6 Å². The minimum Gasteiger partial charge on any atom is -0.452 e. The van der Waals surface area contributed by atoms with Gasteiger partial charge in [0.2, 0.25) is 0 Å². The van der Waals surface area contributed by atoms with Crippen LogP contribution in [0.3, 0.4) is 0 Å². The van der Waals surface area contributed by atoms with Gasteiger partial charge in [-0.1, -0.05) is 48.5 Å². The Balaban J connectivity index is 1.64. The van der Waals surface area contributed by atoms with Crippen molar-refractivity contribution in [3.63, 3.8) is 0 Å². The van der Waals surface area contributed by atoms with Crippen LogP contribution in [0.4, 0.5) is 0 Å². The predicted molar refractivity (Wildman–Crippen MR) is 110 cm³/mol. The molecule has 1 aliphatic rings. The number of carbonyl (C=O) groups excluding carboxylic acids is 2. The smallest absolute Gasteiger partial charge is 0.338 e. The molecule has 0 saturated carbocycles. The van der Waals surface area contributed by atoms with E-state index < -0.39 is 22.4 Å². The molecule has 154 valence electrons. The van der Waals surface area contributed by atoms with E-state index in [4.69, 9.17) is 4.74 Å². The number of carbonyl (C=O) groups is 2. The average molecular weight is 416 g/mol. The molecule has 0 radical (unpaired) electrons. The summed E-state index contributed by atoms with van der Waals surface area (Å²) in [5.74, 6) is -0.863. The number of esters is 1. The van der Waals surface area contributed by atoms with Gasteiger partial charge in [0.15, 0.2) is 16.4 Å². The molecular weight excluding hydrogens is 390 g/mol. The van der Waals surface area contributed by atoms with Crippen molar-refractivity contribution < 1.29 is 22.7 Å². The summed E-state index contributed by atoms with van der Waals surface area (Å²) in [6.07, 6.45) is 1.01. The minimum atomic E-state index is -3.10. The van der Waals surface area contributed by atoms with Crippen LogP contribution < -0.4 is 0 Å². The maximum atomic E-state index is 12.6. The van der Waals surface area contributed by atoms with Crippen molar-refractivity contribution >= 4 is 21.7 Å². The summed E-state index contributed by atoms with van der Waals surface area (Å²) < 4.78 is 28.7. The summed E-state index contributed by atoms with van der Waals surface area (Å²) in [5, 5.41) is 0. The Morgan fingerprint density at radius 3 is 2.41 bits per heavy atom. The number of sulfone groups is 1. The van der Waals surface area contributed by atoms with Crippen LogP contribution in [0.2, 0.25) is 0 Å². The van der Waals surface area contributed by atoms with Crippen LogP contribution in [0.1, 0.15) is 34.8 Å². The largest absolute Gasteiger partial charge is 0.452 e. The summed E-state index contributed by atoms with van der Waals surface area (Å²) >= 11 is 0. The van der Waals surface area contributed by atoms with Crippen LogP contribution >= 0.6 is 0 Å². The van der Waals surface area contributed by atoms with Crippen molar-refractivity contribution in [2.45, 2.75) is 25.8 Å². The first-order chi connectivity index (χ1) is 13.9. The fraction of sp³-hybridized carbons (Fsp3) is 0.364. The zero-order chi connectivity index (χ0) is 20.9. The molecule has 0 aromatic heterocycles. The second-order valence-electron chi connectivity index (χ2n) is 7.13. The molecule has 1 aliphatic heterocycles. The zero-order valence-corrected chi connectivity index (χ0v) is 17.2. The Bertz CT molecular complexity index is 972. The van der Waals surface area contributed by atoms with Crippen molar-refractivity contribution in [3.05, 3.63) is 71.3 Å². The second-order valence-corrected chi connectivity index (χ2v) is 9.36. The average Bonchev–Trinajstić information content (AvgIpc) is 3.07. The van der Waals surface area contributed by atoms with E-state index in [1.54, 1.807) is 19.1 Å². The molecule has 1 heterocycles. The van der Waals surface area contributed by atoms with Crippen LogP contribution in [0, 0.1) is 0 Å². The molecule has 1 amide bonds. The van der Waals surface area contributed by atoms with Gasteiger partial charge < -0.3 is 9.64 Å². The lowest BCUT2D eigenvalue weighted by Crippen LogP contribution is -2.43. The standard InChI is InChI=1S/C22H25NO5S/c1-2-23(19-12-13-29(26,27)16-19)21(24)15-28-22(25)20-11-7-6-10-18(20)14-17-8-4-3-5-9-17/h3-11,19H,2,12-16H2,1H3/t19-/m1/s1. The highest BCUT2D eigenvalue weighted by Gasteiger charge is 2.34. The topological polar surface area (TPSA) is 80.8 Å². The number of rotatable bonds is 7. The van der Waals surface area contributed by atoms with Gasteiger partial charge in [0.05, 0.1) is 17.1 Å². The highest BCUT2D eigenvalue weighted by Crippen LogP contribution is 2.19. The third-order valence-electron chi connectivity index (χ3n) is 5.11. The Labute approximate surface area is 171 Å². The van der Waals surface area contributed by atoms with E-state index >= 15 is 0 Å². The Morgan fingerprint density at radius 2 is 1.76 bits per heavy atom. The Morgan fingerprint density at radius 1 is 1.07 bits per heavy atom. The quantitative estimate of drug-likeness (QED) is 0.649. The highest BCUT2D eigenvalue weighted by molar-refractivity contribution is 7.91. The SMILES string of the molecule is CCN(C(=O)COC(=O)c1ccccc1Cc1ccccc1)[C@@H]1CCS(=O)(=O)C1. The van der Waals surface area contributed by atoms with Gasteiger partial charge in [-0.2, -0.15) is 0 Å². The van der Waals surface area contributed by atoms with E-state index in [0.717, 1.165) is 11.1 Å². The number of amides is 1. The molecule has 0 bridgehead atoms. The summed E-state index contributed by atoms with van der Waals surface area (Å²) in [6, 6.07) is 16.6. The molecule has 2 aromatic carbocycles. The molecule has 2 aromatic rings. The van der Waals surface area contributed by atoms with E-state index in [0.29, 0.717) is 24.9 Å². The van der Waals surface area contributed by atoms with Gasteiger partial charge in [-0.3, -0.25) is 4.79 Å². The van der Waals surface area contributed by atoms with Crippen molar-refractivity contribution in [2.75, 3.05) is 24.7 Å². The maximum absolute atomic E-state index is 12.6. The third kappa shape index (κ3) is 5.44. The number of likely N-dealkylation sites (N-methyl/N-ethyl adjacent to an activating group) is 1. The first-order valence-electron chi connectivity index (χ1n) is 9.68. The van der Waals surface area contributed by atoms with Crippen molar-refractivity contribution in [1.82, 2.24) is 4.90 Å². The molecule has 0 aliphatic carbocycles. The molecule has 29 heavy (non-hydrogen) atoms. The van der Waals surface area contributed by atoms with E-state index in [2.05, 4.69) is 0 Å². The molecule has 6 nitrogen and oxygen atoms in total. The third-order valence-corrected chi connectivity index (χ3v) is 6.86. The molecule has 3 rings (SSSR count). The summed E-state index contributed by atoms with van der Waals surface area (Å²) in [5.41, 5.74) is 2.32. The number of hydrogen-bond donors (Lipinski definition) is 0. The molecule has 0 unspecified atom stereocenters. The molecule has 1 fully saturated rings. The molecular formula is C22H25NO5S. The van der Waals surface area contributed by atoms with Crippen molar-refractivity contribution in [1.29, 1.82) is 0 Å². The van der Waals surface area contributed by atoms with Gasteiger partial charge in [-0.05, 0) is 37.0 Å². The van der Waals surface area contributed by atoms with E-state index in [-0.39, 0.29) is 23.5 Å². The number of benzene rings is 2. The van der Waals surface area contributed by atoms with E-state index in [1.807, 2.05) is 42.5 Å². The number of ether oxygens (including phenoxy) is 1. The summed E-state index contributed by atoms with van der Waals surface area (Å²) in [7, 11) is -3.10. The monoisotopic (exact) mass is 415 g/mol. The highest BCUT2D eigenvalue weighted by atomic mass is 32.2. The fourth-order valence-electron chi connectivity index (χ4n) is 3.64. The van der Waals surface area contributed by atoms with Gasteiger partial charge in [0.25, 0.3) is 5.91 Å². The van der Waals surface area contributed by atoms with Gasteiger partial charge >= 0.3 is 5.97 Å². The van der Waals surface area contributed by atoms with Crippen LogP contribution in [0.25, 0.3) is 0 Å². The predicted octanol–water partition coefficient (Wildman–Crippen LogP) is 2.47. The zero-order valence-electron chi connectivity index (χ0n) is 16.4. The fourth-order valence-corrected chi connectivity index (χ4v) is 5.37. The normalized spacial score (nSPS) is 17.6. The first kappa shape index (κ1) is 21.0. The second kappa shape index (κ2) is 9.22.